The van der Waals surface area contributed by atoms with Gasteiger partial charge in [0.05, 0.1) is 10.0 Å². The average molecular weight is 408 g/mol. The third-order valence-electron chi connectivity index (χ3n) is 2.75. The van der Waals surface area contributed by atoms with Crippen molar-refractivity contribution >= 4 is 51.5 Å². The summed E-state index contributed by atoms with van der Waals surface area (Å²) in [5, 5.41) is 14.3. The number of nitrogens with one attached hydrogen (secondary N) is 1. The first-order valence-corrected chi connectivity index (χ1v) is 7.48. The number of rotatable bonds is 3. The molecule has 100 valence electrons. The van der Waals surface area contributed by atoms with Gasteiger partial charge >= 0.3 is 0 Å². The van der Waals surface area contributed by atoms with Crippen molar-refractivity contribution in [2.24, 2.45) is 0 Å². The van der Waals surface area contributed by atoms with Crippen LogP contribution in [0, 0.1) is 10.5 Å². The average Bonchev–Trinajstić information content (AvgIpc) is 2.36. The molecular formula is C14H12Cl2INO. The Hall–Kier alpha value is -0.650. The molecular weight excluding hydrogens is 396 g/mol. The van der Waals surface area contributed by atoms with Gasteiger partial charge in [-0.1, -0.05) is 23.2 Å². The van der Waals surface area contributed by atoms with E-state index in [4.69, 9.17) is 23.2 Å². The van der Waals surface area contributed by atoms with Gasteiger partial charge in [-0.2, -0.15) is 0 Å². The molecule has 0 unspecified atom stereocenters. The number of hydrogen-bond acceptors (Lipinski definition) is 2. The highest BCUT2D eigenvalue weighted by atomic mass is 127. The molecule has 0 aliphatic heterocycles. The smallest absolute Gasteiger partial charge is 0.123 e. The quantitative estimate of drug-likeness (QED) is 0.683. The van der Waals surface area contributed by atoms with Crippen molar-refractivity contribution in [1.82, 2.24) is 0 Å². The van der Waals surface area contributed by atoms with Gasteiger partial charge in [0.1, 0.15) is 5.75 Å². The maximum absolute atomic E-state index is 10.0. The van der Waals surface area contributed by atoms with Crippen LogP contribution in [0.5, 0.6) is 5.75 Å². The second-order valence-electron chi connectivity index (χ2n) is 4.21. The van der Waals surface area contributed by atoms with E-state index >= 15 is 0 Å². The largest absolute Gasteiger partial charge is 0.507 e. The van der Waals surface area contributed by atoms with Gasteiger partial charge in [-0.3, -0.25) is 0 Å². The van der Waals surface area contributed by atoms with Crippen molar-refractivity contribution in [3.05, 3.63) is 55.1 Å². The molecule has 0 heterocycles. The van der Waals surface area contributed by atoms with E-state index in [0.29, 0.717) is 22.3 Å². The van der Waals surface area contributed by atoms with E-state index in [1.54, 1.807) is 12.1 Å². The van der Waals surface area contributed by atoms with Gasteiger partial charge in [0, 0.05) is 21.4 Å². The van der Waals surface area contributed by atoms with Gasteiger partial charge in [0.25, 0.3) is 0 Å². The molecule has 0 saturated carbocycles. The lowest BCUT2D eigenvalue weighted by molar-refractivity contribution is 0.464. The summed E-state index contributed by atoms with van der Waals surface area (Å²) in [5.41, 5.74) is 2.60. The highest BCUT2D eigenvalue weighted by Gasteiger charge is 2.06. The number of benzene rings is 2. The molecule has 2 nitrogen and oxygen atoms in total. The molecule has 0 amide bonds. The van der Waals surface area contributed by atoms with Gasteiger partial charge in [-0.25, -0.2) is 0 Å². The van der Waals surface area contributed by atoms with Crippen LogP contribution in [-0.4, -0.2) is 5.11 Å². The Morgan fingerprint density at radius 3 is 2.58 bits per heavy atom. The second kappa shape index (κ2) is 6.20. The fourth-order valence-electron chi connectivity index (χ4n) is 1.74. The van der Waals surface area contributed by atoms with E-state index in [2.05, 4.69) is 27.9 Å². The normalized spacial score (nSPS) is 10.5. The van der Waals surface area contributed by atoms with Crippen LogP contribution in [0.1, 0.15) is 11.1 Å². The summed E-state index contributed by atoms with van der Waals surface area (Å²) in [6.07, 6.45) is 0. The third kappa shape index (κ3) is 3.68. The standard InChI is InChI=1S/C14H12Cl2INO/c1-8-4-10(17)5-9(14(8)19)7-18-11-2-3-12(15)13(16)6-11/h2-6,18-19H,7H2,1H3. The summed E-state index contributed by atoms with van der Waals surface area (Å²) >= 11 is 14.1. The molecule has 19 heavy (non-hydrogen) atoms. The fourth-order valence-corrected chi connectivity index (χ4v) is 2.88. The van der Waals surface area contributed by atoms with Gasteiger partial charge in [0.15, 0.2) is 0 Å². The molecule has 2 rings (SSSR count). The minimum atomic E-state index is 0.327. The summed E-state index contributed by atoms with van der Waals surface area (Å²) in [5.74, 6) is 0.327. The molecule has 0 bridgehead atoms. The van der Waals surface area contributed by atoms with Gasteiger partial charge < -0.3 is 10.4 Å². The van der Waals surface area contributed by atoms with Crippen LogP contribution in [-0.2, 0) is 6.54 Å². The Labute approximate surface area is 135 Å². The predicted molar refractivity (Wildman–Crippen MR) is 89.3 cm³/mol. The van der Waals surface area contributed by atoms with Crippen LogP contribution < -0.4 is 5.32 Å². The third-order valence-corrected chi connectivity index (χ3v) is 4.11. The first-order valence-electron chi connectivity index (χ1n) is 5.64. The molecule has 0 saturated heterocycles. The number of phenolic OH excluding ortho intramolecular Hbond substituents is 1. The summed E-state index contributed by atoms with van der Waals surface area (Å²) in [6, 6.07) is 9.26. The minimum Gasteiger partial charge on any atom is -0.507 e. The number of halogens is 3. The van der Waals surface area contributed by atoms with E-state index in [0.717, 1.165) is 20.4 Å². The van der Waals surface area contributed by atoms with E-state index < -0.39 is 0 Å². The Bertz CT molecular complexity index is 617. The summed E-state index contributed by atoms with van der Waals surface area (Å²) in [6.45, 7) is 2.42. The zero-order valence-electron chi connectivity index (χ0n) is 10.2. The molecule has 0 aromatic heterocycles. The zero-order chi connectivity index (χ0) is 14.0. The Kier molecular flexibility index (Phi) is 4.81. The number of aryl methyl sites for hydroxylation is 1. The fraction of sp³-hybridized carbons (Fsp3) is 0.143. The van der Waals surface area contributed by atoms with Crippen molar-refractivity contribution in [3.63, 3.8) is 0 Å². The lowest BCUT2D eigenvalue weighted by atomic mass is 10.1. The molecule has 2 N–H and O–H groups in total. The van der Waals surface area contributed by atoms with Gasteiger partial charge in [-0.15, -0.1) is 0 Å². The van der Waals surface area contributed by atoms with Crippen molar-refractivity contribution in [3.8, 4) is 5.75 Å². The molecule has 2 aromatic rings. The summed E-state index contributed by atoms with van der Waals surface area (Å²) in [4.78, 5) is 0. The first kappa shape index (κ1) is 14.8. The molecule has 2 aromatic carbocycles. The number of anilines is 1. The number of hydrogen-bond donors (Lipinski definition) is 2. The molecule has 0 atom stereocenters. The van der Waals surface area contributed by atoms with Crippen molar-refractivity contribution in [2.75, 3.05) is 5.32 Å². The van der Waals surface area contributed by atoms with Crippen molar-refractivity contribution < 1.29 is 5.11 Å². The topological polar surface area (TPSA) is 32.3 Å². The van der Waals surface area contributed by atoms with Gasteiger partial charge in [-0.05, 0) is 65.4 Å². The lowest BCUT2D eigenvalue weighted by Crippen LogP contribution is -2.01. The van der Waals surface area contributed by atoms with Crippen LogP contribution in [0.2, 0.25) is 10.0 Å². The zero-order valence-corrected chi connectivity index (χ0v) is 13.8. The molecule has 0 radical (unpaired) electrons. The molecule has 0 fully saturated rings. The SMILES string of the molecule is Cc1cc(I)cc(CNc2ccc(Cl)c(Cl)c2)c1O. The summed E-state index contributed by atoms with van der Waals surface area (Å²) in [7, 11) is 0. The highest BCUT2D eigenvalue weighted by Crippen LogP contribution is 2.28. The highest BCUT2D eigenvalue weighted by molar-refractivity contribution is 14.1. The van der Waals surface area contributed by atoms with E-state index in [1.165, 1.54) is 0 Å². The molecule has 5 heteroatoms. The van der Waals surface area contributed by atoms with E-state index in [1.807, 2.05) is 25.1 Å². The van der Waals surface area contributed by atoms with Crippen molar-refractivity contribution in [1.29, 1.82) is 0 Å². The van der Waals surface area contributed by atoms with Crippen LogP contribution in [0.4, 0.5) is 5.69 Å². The van der Waals surface area contributed by atoms with Crippen molar-refractivity contribution in [2.45, 2.75) is 13.5 Å². The number of aromatic hydroxyl groups is 1. The predicted octanol–water partition coefficient (Wildman–Crippen LogP) is 5.22. The second-order valence-corrected chi connectivity index (χ2v) is 6.27. The molecule has 0 aliphatic rings. The Balaban J connectivity index is 2.16. The monoisotopic (exact) mass is 407 g/mol. The minimum absolute atomic E-state index is 0.327. The number of phenols is 1. The Morgan fingerprint density at radius 2 is 1.89 bits per heavy atom. The summed E-state index contributed by atoms with van der Waals surface area (Å²) < 4.78 is 1.10. The maximum atomic E-state index is 10.0. The van der Waals surface area contributed by atoms with Crippen LogP contribution in [0.25, 0.3) is 0 Å². The Morgan fingerprint density at radius 1 is 1.16 bits per heavy atom. The molecule has 0 aliphatic carbocycles. The van der Waals surface area contributed by atoms with E-state index in [-0.39, 0.29) is 0 Å². The first-order chi connectivity index (χ1) is 8.97. The van der Waals surface area contributed by atoms with Crippen LogP contribution >= 0.6 is 45.8 Å². The van der Waals surface area contributed by atoms with E-state index in [9.17, 15) is 5.11 Å². The van der Waals surface area contributed by atoms with Gasteiger partial charge in [0.2, 0.25) is 0 Å². The molecule has 0 spiro atoms. The maximum Gasteiger partial charge on any atom is 0.123 e. The lowest BCUT2D eigenvalue weighted by Gasteiger charge is -2.11. The van der Waals surface area contributed by atoms with Crippen LogP contribution in [0.3, 0.4) is 0 Å². The van der Waals surface area contributed by atoms with Crippen LogP contribution in [0.15, 0.2) is 30.3 Å².